The van der Waals surface area contributed by atoms with E-state index < -0.39 is 47.6 Å². The number of nitrogens with two attached hydrogens (primary N) is 2. The Hall–Kier alpha value is -0.630. The van der Waals surface area contributed by atoms with E-state index in [-0.39, 0.29) is 86.8 Å². The van der Waals surface area contributed by atoms with Gasteiger partial charge < -0.3 is 20.6 Å². The van der Waals surface area contributed by atoms with Crippen LogP contribution in [0.1, 0.15) is 0 Å². The Morgan fingerprint density at radius 3 is 1.91 bits per heavy atom. The first-order chi connectivity index (χ1) is 13.7. The third-order valence-electron chi connectivity index (χ3n) is 3.48. The number of hydrogen-bond acceptors (Lipinski definition) is 13. The monoisotopic (exact) mass is 524 g/mol. The average molecular weight is 524 g/mol. The van der Waals surface area contributed by atoms with Crippen molar-refractivity contribution in [2.24, 2.45) is 10.2 Å². The van der Waals surface area contributed by atoms with Crippen molar-refractivity contribution >= 4 is 53.1 Å². The molecule has 0 bridgehead atoms. The molecular weight excluding hydrogens is 510 g/mol. The zero-order chi connectivity index (χ0) is 22.7. The quantitative estimate of drug-likeness (QED) is 0.109. The molecule has 13 nitrogen and oxygen atoms in total. The number of nitrogens with zero attached hydrogens (tertiary/aromatic N) is 2. The summed E-state index contributed by atoms with van der Waals surface area (Å²) in [6, 6.07) is 6.70. The van der Waals surface area contributed by atoms with Gasteiger partial charge >= 0.3 is 59.1 Å². The molecule has 0 unspecified atom stereocenters. The van der Waals surface area contributed by atoms with Gasteiger partial charge in [-0.3, -0.25) is 4.18 Å². The molecule has 0 fully saturated rings. The number of anilines is 2. The molecule has 0 aliphatic carbocycles. The smallest absolute Gasteiger partial charge is 0.744 e. The zero-order valence-corrected chi connectivity index (χ0v) is 23.3. The second-order valence-corrected chi connectivity index (χ2v) is 10.2. The predicted octanol–water partition coefficient (Wildman–Crippen LogP) is -5.57. The van der Waals surface area contributed by atoms with Crippen LogP contribution in [0, 0.1) is 0 Å². The summed E-state index contributed by atoms with van der Waals surface area (Å²) in [5, 5.41) is 7.50. The molecule has 0 heterocycles. The van der Waals surface area contributed by atoms with Crippen molar-refractivity contribution in [3.63, 3.8) is 0 Å². The predicted molar refractivity (Wildman–Crippen MR) is 102 cm³/mol. The molecule has 18 heteroatoms. The van der Waals surface area contributed by atoms with Crippen LogP contribution in [0.4, 0.5) is 22.7 Å². The van der Waals surface area contributed by atoms with Crippen LogP contribution in [0.3, 0.4) is 0 Å². The van der Waals surface area contributed by atoms with E-state index in [9.17, 15) is 34.4 Å². The molecule has 0 atom stereocenters. The van der Waals surface area contributed by atoms with Gasteiger partial charge in [-0.15, -0.1) is 5.11 Å². The average Bonchev–Trinajstić information content (AvgIpc) is 2.59. The van der Waals surface area contributed by atoms with Gasteiger partial charge in [-0.05, 0) is 36.4 Å². The second-order valence-electron chi connectivity index (χ2n) is 5.65. The Kier molecular flexibility index (Phi) is 11.9. The van der Waals surface area contributed by atoms with Crippen molar-refractivity contribution in [1.82, 2.24) is 0 Å². The molecule has 0 saturated carbocycles. The minimum Gasteiger partial charge on any atom is -0.744 e. The summed E-state index contributed by atoms with van der Waals surface area (Å²) in [6.07, 6.45) is 0. The molecule has 0 aromatic heterocycles. The van der Waals surface area contributed by atoms with E-state index in [1.807, 2.05) is 0 Å². The van der Waals surface area contributed by atoms with E-state index in [1.54, 1.807) is 0 Å². The summed E-state index contributed by atoms with van der Waals surface area (Å²) in [5.74, 6) is -0.746. The molecule has 2 aromatic carbocycles. The van der Waals surface area contributed by atoms with Crippen LogP contribution in [0.25, 0.3) is 0 Å². The standard InChI is InChI=1S/C14H16N4O9S3.2Na/c15-11-7-12(16)14(29(21,22)23)8-13(11)18-17-9-1-3-10(4-2-9)28(19,20)6-5-27-30(24,25)26;;/h1-4,7-8H,5-6,15-16H2,(H,21,22,23)(H,24,25,26);;/q;2*+1/p-2. The van der Waals surface area contributed by atoms with Crippen molar-refractivity contribution in [1.29, 1.82) is 0 Å². The minimum absolute atomic E-state index is 0. The summed E-state index contributed by atoms with van der Waals surface area (Å²) >= 11 is 0. The summed E-state index contributed by atoms with van der Waals surface area (Å²) < 4.78 is 92.6. The zero-order valence-electron chi connectivity index (χ0n) is 16.8. The first-order valence-electron chi connectivity index (χ1n) is 7.69. The molecule has 0 spiro atoms. The van der Waals surface area contributed by atoms with Gasteiger partial charge in [0.2, 0.25) is 10.4 Å². The van der Waals surface area contributed by atoms with E-state index in [1.165, 1.54) is 12.1 Å². The van der Waals surface area contributed by atoms with E-state index >= 15 is 0 Å². The van der Waals surface area contributed by atoms with Crippen molar-refractivity contribution in [2.75, 3.05) is 23.8 Å². The summed E-state index contributed by atoms with van der Waals surface area (Å²) in [4.78, 5) is -0.908. The van der Waals surface area contributed by atoms with Gasteiger partial charge in [0.1, 0.15) is 15.8 Å². The van der Waals surface area contributed by atoms with Gasteiger partial charge in [0.05, 0.1) is 39.2 Å². The summed E-state index contributed by atoms with van der Waals surface area (Å²) in [6.45, 7) is -0.836. The Morgan fingerprint density at radius 2 is 1.41 bits per heavy atom. The Balaban J connectivity index is 0.00000480. The van der Waals surface area contributed by atoms with Crippen LogP contribution in [0.2, 0.25) is 0 Å². The molecule has 0 amide bonds. The van der Waals surface area contributed by atoms with Crippen LogP contribution in [0.15, 0.2) is 56.4 Å². The number of hydrogen-bond donors (Lipinski definition) is 2. The Morgan fingerprint density at radius 1 is 0.844 bits per heavy atom. The molecule has 0 aliphatic rings. The van der Waals surface area contributed by atoms with Gasteiger partial charge in [-0.1, -0.05) is 0 Å². The van der Waals surface area contributed by atoms with Gasteiger partial charge in [0.25, 0.3) is 0 Å². The molecule has 4 N–H and O–H groups in total. The van der Waals surface area contributed by atoms with Crippen molar-refractivity contribution in [3.05, 3.63) is 36.4 Å². The van der Waals surface area contributed by atoms with E-state index in [4.69, 9.17) is 11.5 Å². The molecule has 0 radical (unpaired) electrons. The first kappa shape index (κ1) is 31.4. The van der Waals surface area contributed by atoms with Crippen LogP contribution in [0.5, 0.6) is 0 Å². The van der Waals surface area contributed by atoms with Crippen LogP contribution in [-0.4, -0.2) is 46.7 Å². The van der Waals surface area contributed by atoms with Crippen molar-refractivity contribution < 1.29 is 97.7 Å². The molecule has 2 aromatic rings. The number of azo groups is 1. The molecule has 164 valence electrons. The van der Waals surface area contributed by atoms with Gasteiger partial charge in [0.15, 0.2) is 9.84 Å². The maximum absolute atomic E-state index is 12.1. The Bertz CT molecular complexity index is 1300. The molecule has 0 aliphatic heterocycles. The fourth-order valence-corrected chi connectivity index (χ4v) is 4.19. The van der Waals surface area contributed by atoms with E-state index in [2.05, 4.69) is 14.4 Å². The third-order valence-corrected chi connectivity index (χ3v) is 6.52. The fourth-order valence-electron chi connectivity index (χ4n) is 2.10. The van der Waals surface area contributed by atoms with E-state index in [0.717, 1.165) is 24.3 Å². The van der Waals surface area contributed by atoms with Crippen molar-refractivity contribution in [3.8, 4) is 0 Å². The van der Waals surface area contributed by atoms with Gasteiger partial charge in [0, 0.05) is 0 Å². The second kappa shape index (κ2) is 12.2. The molecule has 0 saturated heterocycles. The summed E-state index contributed by atoms with van der Waals surface area (Å²) in [7, 11) is -13.8. The third kappa shape index (κ3) is 9.32. The molecule has 32 heavy (non-hydrogen) atoms. The molecule has 2 rings (SSSR count). The van der Waals surface area contributed by atoms with Crippen LogP contribution >= 0.6 is 0 Å². The normalized spacial score (nSPS) is 12.2. The number of sulfone groups is 1. The van der Waals surface area contributed by atoms with Gasteiger partial charge in [-0.2, -0.15) is 5.11 Å². The van der Waals surface area contributed by atoms with Crippen LogP contribution in [-0.2, 0) is 34.5 Å². The van der Waals surface area contributed by atoms with Gasteiger partial charge in [-0.25, -0.2) is 25.3 Å². The van der Waals surface area contributed by atoms with E-state index in [0.29, 0.717) is 0 Å². The largest absolute Gasteiger partial charge is 1.00 e. The number of rotatable bonds is 8. The topological polar surface area (TPSA) is 235 Å². The number of nitrogen functional groups attached to an aromatic ring is 2. The maximum Gasteiger partial charge on any atom is 1.00 e. The first-order valence-corrected chi connectivity index (χ1v) is 12.1. The Labute approximate surface area is 228 Å². The maximum atomic E-state index is 12.1. The van der Waals surface area contributed by atoms with Crippen LogP contribution < -0.4 is 70.6 Å². The molecular formula is C14H14N4Na2O9S3. The summed E-state index contributed by atoms with van der Waals surface area (Å²) in [5.41, 5.74) is 10.7. The minimum atomic E-state index is -5.00. The number of benzene rings is 2. The fraction of sp³-hybridized carbons (Fsp3) is 0.143. The van der Waals surface area contributed by atoms with Crippen molar-refractivity contribution in [2.45, 2.75) is 9.79 Å². The SMILES string of the molecule is Nc1cc(N)c(S(=O)(=O)[O-])cc1N=Nc1ccc(S(=O)(=O)CCOS(=O)(=O)[O-])cc1.[Na+].[Na+].